The number of amides is 1. The average Bonchev–Trinajstić information content (AvgIpc) is 2.83. The zero-order valence-electron chi connectivity index (χ0n) is 13.6. The van der Waals surface area contributed by atoms with E-state index in [4.69, 9.17) is 4.74 Å². The van der Waals surface area contributed by atoms with Gasteiger partial charge in [0.05, 0.1) is 12.3 Å². The summed E-state index contributed by atoms with van der Waals surface area (Å²) in [5.74, 6) is -0.680. The van der Waals surface area contributed by atoms with Crippen LogP contribution in [0.1, 0.15) is 63.8 Å². The molecule has 1 N–H and O–H groups in total. The summed E-state index contributed by atoms with van der Waals surface area (Å²) in [6.45, 7) is 11.9. The third kappa shape index (κ3) is 3.80. The third-order valence-electron chi connectivity index (χ3n) is 2.97. The highest BCUT2D eigenvalue weighted by Gasteiger charge is 2.33. The topological polar surface area (TPSA) is 86.1 Å². The van der Waals surface area contributed by atoms with E-state index in [1.807, 2.05) is 27.7 Å². The molecule has 0 aliphatic carbocycles. The first kappa shape index (κ1) is 17.1. The molecular weight excluding hydrogens is 272 g/mol. The van der Waals surface area contributed by atoms with Crippen molar-refractivity contribution in [3.8, 4) is 0 Å². The molecular formula is C14H24N4O3. The van der Waals surface area contributed by atoms with Gasteiger partial charge in [0.15, 0.2) is 5.69 Å². The number of ether oxygens (including phenoxy) is 1. The Labute approximate surface area is 125 Å². The second kappa shape index (κ2) is 6.69. The van der Waals surface area contributed by atoms with Gasteiger partial charge in [0.25, 0.3) is 0 Å². The molecule has 1 unspecified atom stereocenters. The molecule has 7 nitrogen and oxygen atoms in total. The fourth-order valence-electron chi connectivity index (χ4n) is 2.03. The molecule has 21 heavy (non-hydrogen) atoms. The van der Waals surface area contributed by atoms with Crippen LogP contribution in [-0.4, -0.2) is 40.0 Å². The number of hydrogen-bond donors (Lipinski definition) is 1. The molecule has 1 heterocycles. The molecule has 0 aliphatic heterocycles. The molecule has 0 saturated carbocycles. The number of aromatic nitrogens is 3. The van der Waals surface area contributed by atoms with Gasteiger partial charge in [-0.05, 0) is 20.8 Å². The van der Waals surface area contributed by atoms with Gasteiger partial charge < -0.3 is 10.1 Å². The smallest absolute Gasteiger partial charge is 0.360 e. The second-order valence-electron chi connectivity index (χ2n) is 5.77. The van der Waals surface area contributed by atoms with Crippen molar-refractivity contribution >= 4 is 11.9 Å². The van der Waals surface area contributed by atoms with E-state index in [-0.39, 0.29) is 18.2 Å². The van der Waals surface area contributed by atoms with Crippen molar-refractivity contribution in [2.45, 2.75) is 53.0 Å². The first-order valence-electron chi connectivity index (χ1n) is 7.14. The normalized spacial score (nSPS) is 12.9. The van der Waals surface area contributed by atoms with Crippen LogP contribution in [0.3, 0.4) is 0 Å². The number of carbonyl (C=O) groups is 2. The molecule has 0 radical (unpaired) electrons. The molecule has 1 atom stereocenters. The zero-order chi connectivity index (χ0) is 16.2. The van der Waals surface area contributed by atoms with Gasteiger partial charge in [0, 0.05) is 12.0 Å². The van der Waals surface area contributed by atoms with E-state index < -0.39 is 17.4 Å². The van der Waals surface area contributed by atoms with Gasteiger partial charge >= 0.3 is 5.97 Å². The maximum Gasteiger partial charge on any atom is 0.360 e. The largest absolute Gasteiger partial charge is 0.461 e. The van der Waals surface area contributed by atoms with Crippen LogP contribution >= 0.6 is 0 Å². The van der Waals surface area contributed by atoms with Crippen LogP contribution in [0, 0.1) is 0 Å². The van der Waals surface area contributed by atoms with Gasteiger partial charge in [-0.3, -0.25) is 4.79 Å². The second-order valence-corrected chi connectivity index (χ2v) is 5.77. The SMILES string of the molecule is CCNC(=O)C(C)n1nnc(C(=O)OCC)c1C(C)(C)C. The molecule has 7 heteroatoms. The highest BCUT2D eigenvalue weighted by Crippen LogP contribution is 2.27. The minimum Gasteiger partial charge on any atom is -0.461 e. The van der Waals surface area contributed by atoms with E-state index in [0.29, 0.717) is 12.2 Å². The molecule has 1 rings (SSSR count). The van der Waals surface area contributed by atoms with E-state index in [2.05, 4.69) is 15.6 Å². The summed E-state index contributed by atoms with van der Waals surface area (Å²) in [6.07, 6.45) is 0. The fraction of sp³-hybridized carbons (Fsp3) is 0.714. The molecule has 1 amide bonds. The lowest BCUT2D eigenvalue weighted by atomic mass is 9.90. The summed E-state index contributed by atoms with van der Waals surface area (Å²) < 4.78 is 6.51. The Morgan fingerprint density at radius 2 is 1.95 bits per heavy atom. The number of nitrogens with zero attached hydrogens (tertiary/aromatic N) is 3. The Kier molecular flexibility index (Phi) is 5.46. The summed E-state index contributed by atoms with van der Waals surface area (Å²) in [5.41, 5.74) is 0.368. The molecule has 0 fully saturated rings. The molecule has 1 aromatic heterocycles. The molecule has 1 aromatic rings. The Bertz CT molecular complexity index is 517. The van der Waals surface area contributed by atoms with Crippen LogP contribution < -0.4 is 5.32 Å². The third-order valence-corrected chi connectivity index (χ3v) is 2.97. The molecule has 0 spiro atoms. The van der Waals surface area contributed by atoms with Crippen LogP contribution in [0.15, 0.2) is 0 Å². The van der Waals surface area contributed by atoms with E-state index in [1.165, 1.54) is 4.68 Å². The summed E-state index contributed by atoms with van der Waals surface area (Å²) in [7, 11) is 0. The van der Waals surface area contributed by atoms with Crippen molar-refractivity contribution in [1.82, 2.24) is 20.3 Å². The molecule has 0 aliphatic rings. The van der Waals surface area contributed by atoms with Crippen LogP contribution in [0.25, 0.3) is 0 Å². The molecule has 0 bridgehead atoms. The molecule has 0 aromatic carbocycles. The number of hydrogen-bond acceptors (Lipinski definition) is 5. The first-order valence-corrected chi connectivity index (χ1v) is 7.14. The van der Waals surface area contributed by atoms with Crippen LogP contribution in [-0.2, 0) is 14.9 Å². The lowest BCUT2D eigenvalue weighted by Gasteiger charge is -2.23. The van der Waals surface area contributed by atoms with E-state index >= 15 is 0 Å². The van der Waals surface area contributed by atoms with Gasteiger partial charge in [-0.15, -0.1) is 5.10 Å². The number of nitrogens with one attached hydrogen (secondary N) is 1. The predicted octanol–water partition coefficient (Wildman–Crippen LogP) is 1.45. The minimum absolute atomic E-state index is 0.164. The minimum atomic E-state index is -0.546. The number of likely N-dealkylation sites (N-methyl/N-ethyl adjacent to an activating group) is 1. The molecule has 118 valence electrons. The number of esters is 1. The van der Waals surface area contributed by atoms with Crippen LogP contribution in [0.4, 0.5) is 0 Å². The fourth-order valence-corrected chi connectivity index (χ4v) is 2.03. The van der Waals surface area contributed by atoms with Gasteiger partial charge in [0.2, 0.25) is 5.91 Å². The van der Waals surface area contributed by atoms with E-state index in [1.54, 1.807) is 13.8 Å². The zero-order valence-corrected chi connectivity index (χ0v) is 13.6. The summed E-state index contributed by atoms with van der Waals surface area (Å²) >= 11 is 0. The lowest BCUT2D eigenvalue weighted by Crippen LogP contribution is -2.34. The van der Waals surface area contributed by atoms with Crippen molar-refractivity contribution in [2.75, 3.05) is 13.2 Å². The van der Waals surface area contributed by atoms with Crippen molar-refractivity contribution in [2.24, 2.45) is 0 Å². The van der Waals surface area contributed by atoms with Crippen molar-refractivity contribution in [3.63, 3.8) is 0 Å². The van der Waals surface area contributed by atoms with Gasteiger partial charge in [-0.25, -0.2) is 9.48 Å². The van der Waals surface area contributed by atoms with Crippen molar-refractivity contribution in [1.29, 1.82) is 0 Å². The number of rotatable bonds is 5. The van der Waals surface area contributed by atoms with Crippen LogP contribution in [0.2, 0.25) is 0 Å². The summed E-state index contributed by atoms with van der Waals surface area (Å²) in [4.78, 5) is 24.0. The molecule has 0 saturated heterocycles. The maximum atomic E-state index is 12.0. The summed E-state index contributed by atoms with van der Waals surface area (Å²) in [5, 5.41) is 10.7. The standard InChI is InChI=1S/C14H24N4O3/c1-7-15-12(19)9(3)18-11(14(4,5)6)10(16-17-18)13(20)21-8-2/h9H,7-8H2,1-6H3,(H,15,19). The maximum absolute atomic E-state index is 12.0. The van der Waals surface area contributed by atoms with Gasteiger partial charge in [-0.1, -0.05) is 26.0 Å². The Morgan fingerprint density at radius 1 is 1.33 bits per heavy atom. The van der Waals surface area contributed by atoms with E-state index in [0.717, 1.165) is 0 Å². The first-order chi connectivity index (χ1) is 9.73. The lowest BCUT2D eigenvalue weighted by molar-refractivity contribution is -0.124. The predicted molar refractivity (Wildman–Crippen MR) is 78.1 cm³/mol. The highest BCUT2D eigenvalue weighted by molar-refractivity contribution is 5.89. The van der Waals surface area contributed by atoms with E-state index in [9.17, 15) is 9.59 Å². The summed E-state index contributed by atoms with van der Waals surface area (Å²) in [6, 6.07) is -0.546. The quantitative estimate of drug-likeness (QED) is 0.831. The highest BCUT2D eigenvalue weighted by atomic mass is 16.5. The van der Waals surface area contributed by atoms with Crippen LogP contribution in [0.5, 0.6) is 0 Å². The monoisotopic (exact) mass is 296 g/mol. The van der Waals surface area contributed by atoms with Crippen molar-refractivity contribution < 1.29 is 14.3 Å². The Hall–Kier alpha value is -1.92. The average molecular weight is 296 g/mol. The Morgan fingerprint density at radius 3 is 2.43 bits per heavy atom. The Balaban J connectivity index is 3.28. The van der Waals surface area contributed by atoms with Gasteiger partial charge in [-0.2, -0.15) is 0 Å². The number of carbonyl (C=O) groups excluding carboxylic acids is 2. The van der Waals surface area contributed by atoms with Crippen molar-refractivity contribution in [3.05, 3.63) is 11.4 Å². The van der Waals surface area contributed by atoms with Gasteiger partial charge in [0.1, 0.15) is 6.04 Å².